The lowest BCUT2D eigenvalue weighted by molar-refractivity contribution is -0.144. The van der Waals surface area contributed by atoms with Crippen molar-refractivity contribution in [1.29, 1.82) is 0 Å². The van der Waals surface area contributed by atoms with Crippen molar-refractivity contribution < 1.29 is 19.4 Å². The van der Waals surface area contributed by atoms with Crippen molar-refractivity contribution in [3.63, 3.8) is 0 Å². The summed E-state index contributed by atoms with van der Waals surface area (Å²) in [6, 6.07) is 12.7. The largest absolute Gasteiger partial charge is 0.490 e. The fourth-order valence-corrected chi connectivity index (χ4v) is 3.97. The molecule has 0 saturated heterocycles. The molecule has 2 heterocycles. The number of carboxylic acid groups (broad SMARTS) is 1. The zero-order chi connectivity index (χ0) is 20.5. The van der Waals surface area contributed by atoms with Crippen LogP contribution in [0.15, 0.2) is 47.3 Å². The van der Waals surface area contributed by atoms with Gasteiger partial charge in [-0.1, -0.05) is 29.5 Å². The van der Waals surface area contributed by atoms with Crippen molar-refractivity contribution in [3.05, 3.63) is 62.9 Å². The van der Waals surface area contributed by atoms with Gasteiger partial charge < -0.3 is 14.6 Å². The van der Waals surface area contributed by atoms with Gasteiger partial charge in [-0.2, -0.15) is 0 Å². The Morgan fingerprint density at radius 2 is 2.07 bits per heavy atom. The van der Waals surface area contributed by atoms with Gasteiger partial charge in [-0.3, -0.25) is 4.79 Å². The standard InChI is InChI=1S/C21H18N2O5S/c1-3-27-17-10-13(8-9-16(17)28-12(2)20(25)26)11-18-19(24)23-15-7-5-4-6-14(15)22-21(23)29-18/h4-12H,3H2,1-2H3,(H,25,26). The van der Waals surface area contributed by atoms with E-state index in [0.29, 0.717) is 27.6 Å². The van der Waals surface area contributed by atoms with Crippen LogP contribution >= 0.6 is 11.3 Å². The van der Waals surface area contributed by atoms with Crippen molar-refractivity contribution >= 4 is 39.4 Å². The third kappa shape index (κ3) is 3.54. The summed E-state index contributed by atoms with van der Waals surface area (Å²) in [7, 11) is 0. The van der Waals surface area contributed by atoms with E-state index >= 15 is 0 Å². The monoisotopic (exact) mass is 410 g/mol. The first-order chi connectivity index (χ1) is 14.0. The molecular formula is C21H18N2O5S. The Morgan fingerprint density at radius 1 is 1.28 bits per heavy atom. The van der Waals surface area contributed by atoms with Crippen LogP contribution in [-0.4, -0.2) is 33.2 Å². The highest BCUT2D eigenvalue weighted by Crippen LogP contribution is 2.30. The molecule has 148 valence electrons. The summed E-state index contributed by atoms with van der Waals surface area (Å²) in [6.45, 7) is 3.68. The van der Waals surface area contributed by atoms with Crippen molar-refractivity contribution in [1.82, 2.24) is 9.38 Å². The molecule has 0 amide bonds. The molecule has 0 aliphatic rings. The number of nitrogens with zero attached hydrogens (tertiary/aromatic N) is 2. The molecule has 4 aromatic rings. The van der Waals surface area contributed by atoms with Gasteiger partial charge in [0.1, 0.15) is 0 Å². The molecule has 7 nitrogen and oxygen atoms in total. The maximum Gasteiger partial charge on any atom is 0.344 e. The number of hydrogen-bond acceptors (Lipinski definition) is 6. The summed E-state index contributed by atoms with van der Waals surface area (Å²) in [5, 5.41) is 9.05. The van der Waals surface area contributed by atoms with Gasteiger partial charge in [0, 0.05) is 0 Å². The van der Waals surface area contributed by atoms with Crippen LogP contribution in [-0.2, 0) is 4.79 Å². The zero-order valence-electron chi connectivity index (χ0n) is 15.8. The molecule has 2 aromatic carbocycles. The number of rotatable bonds is 6. The summed E-state index contributed by atoms with van der Waals surface area (Å²) in [5.41, 5.74) is 2.19. The van der Waals surface area contributed by atoms with Crippen LogP contribution in [0, 0.1) is 0 Å². The molecule has 1 atom stereocenters. The van der Waals surface area contributed by atoms with Crippen LogP contribution in [0.25, 0.3) is 22.1 Å². The Labute approximate surface area is 169 Å². The summed E-state index contributed by atoms with van der Waals surface area (Å²) in [6.07, 6.45) is 0.763. The minimum absolute atomic E-state index is 0.128. The first-order valence-electron chi connectivity index (χ1n) is 9.06. The molecule has 0 radical (unpaired) electrons. The number of fused-ring (bicyclic) bond motifs is 3. The number of hydrogen-bond donors (Lipinski definition) is 1. The van der Waals surface area contributed by atoms with E-state index in [-0.39, 0.29) is 5.56 Å². The van der Waals surface area contributed by atoms with Crippen molar-refractivity contribution in [2.45, 2.75) is 20.0 Å². The van der Waals surface area contributed by atoms with E-state index in [2.05, 4.69) is 4.98 Å². The highest BCUT2D eigenvalue weighted by Gasteiger charge is 2.16. The second-order valence-electron chi connectivity index (χ2n) is 6.37. The normalized spacial score (nSPS) is 13.1. The number of carbonyl (C=O) groups is 1. The van der Waals surface area contributed by atoms with Crippen LogP contribution in [0.4, 0.5) is 0 Å². The molecule has 1 unspecified atom stereocenters. The summed E-state index contributed by atoms with van der Waals surface area (Å²) in [4.78, 5) is 29.1. The average Bonchev–Trinajstić information content (AvgIpc) is 3.20. The number of thiazole rings is 1. The Kier molecular flexibility index (Phi) is 4.94. The van der Waals surface area contributed by atoms with Gasteiger partial charge >= 0.3 is 5.97 Å². The summed E-state index contributed by atoms with van der Waals surface area (Å²) < 4.78 is 13.2. The predicted octanol–water partition coefficient (Wildman–Crippen LogP) is 2.71. The Hall–Kier alpha value is -3.39. The Balaban J connectivity index is 1.77. The lowest BCUT2D eigenvalue weighted by Crippen LogP contribution is -2.23. The molecule has 4 rings (SSSR count). The second-order valence-corrected chi connectivity index (χ2v) is 7.38. The van der Waals surface area contributed by atoms with Gasteiger partial charge in [-0.25, -0.2) is 14.2 Å². The number of para-hydroxylation sites is 2. The van der Waals surface area contributed by atoms with Crippen LogP contribution in [0.2, 0.25) is 0 Å². The van der Waals surface area contributed by atoms with E-state index < -0.39 is 12.1 Å². The number of aromatic nitrogens is 2. The first-order valence-corrected chi connectivity index (χ1v) is 9.87. The molecule has 2 aromatic heterocycles. The van der Waals surface area contributed by atoms with Crippen LogP contribution in [0.1, 0.15) is 19.4 Å². The van der Waals surface area contributed by atoms with Crippen molar-refractivity contribution in [3.8, 4) is 11.5 Å². The summed E-state index contributed by atoms with van der Waals surface area (Å²) >= 11 is 1.32. The minimum atomic E-state index is -1.06. The molecule has 0 aliphatic carbocycles. The van der Waals surface area contributed by atoms with E-state index in [0.717, 1.165) is 16.6 Å². The number of carboxylic acids is 1. The van der Waals surface area contributed by atoms with Gasteiger partial charge in [0.05, 0.1) is 22.2 Å². The average molecular weight is 410 g/mol. The van der Waals surface area contributed by atoms with Gasteiger partial charge in [0.25, 0.3) is 5.56 Å². The third-order valence-corrected chi connectivity index (χ3v) is 5.33. The lowest BCUT2D eigenvalue weighted by Gasteiger charge is -2.15. The van der Waals surface area contributed by atoms with Gasteiger partial charge in [0.15, 0.2) is 22.6 Å². The Morgan fingerprint density at radius 3 is 2.83 bits per heavy atom. The van der Waals surface area contributed by atoms with E-state index in [4.69, 9.17) is 14.6 Å². The fraction of sp³-hybridized carbons (Fsp3) is 0.190. The number of ether oxygens (including phenoxy) is 2. The quantitative estimate of drug-likeness (QED) is 0.526. The first kappa shape index (κ1) is 18.9. The highest BCUT2D eigenvalue weighted by atomic mass is 32.1. The number of imidazole rings is 1. The van der Waals surface area contributed by atoms with E-state index in [1.807, 2.05) is 31.2 Å². The molecule has 0 spiro atoms. The molecule has 0 bridgehead atoms. The van der Waals surface area contributed by atoms with Gasteiger partial charge in [0.2, 0.25) is 0 Å². The molecule has 8 heteroatoms. The van der Waals surface area contributed by atoms with Gasteiger partial charge in [-0.05, 0) is 49.8 Å². The van der Waals surface area contributed by atoms with E-state index in [1.54, 1.807) is 28.7 Å². The van der Waals surface area contributed by atoms with Crippen LogP contribution in [0.3, 0.4) is 0 Å². The molecule has 29 heavy (non-hydrogen) atoms. The molecular weight excluding hydrogens is 392 g/mol. The molecule has 1 N–H and O–H groups in total. The number of benzene rings is 2. The Bertz CT molecular complexity index is 1320. The molecule has 0 aliphatic heterocycles. The zero-order valence-corrected chi connectivity index (χ0v) is 16.6. The van der Waals surface area contributed by atoms with Crippen LogP contribution in [0.5, 0.6) is 11.5 Å². The predicted molar refractivity (Wildman–Crippen MR) is 111 cm³/mol. The van der Waals surface area contributed by atoms with Crippen molar-refractivity contribution in [2.24, 2.45) is 0 Å². The SMILES string of the molecule is CCOc1cc(C=c2sc3nc4ccccc4n3c2=O)ccc1OC(C)C(=O)O. The van der Waals surface area contributed by atoms with E-state index in [9.17, 15) is 9.59 Å². The maximum atomic E-state index is 12.9. The smallest absolute Gasteiger partial charge is 0.344 e. The van der Waals surface area contributed by atoms with Gasteiger partial charge in [-0.15, -0.1) is 0 Å². The minimum Gasteiger partial charge on any atom is -0.490 e. The second kappa shape index (κ2) is 7.56. The highest BCUT2D eigenvalue weighted by molar-refractivity contribution is 7.15. The van der Waals surface area contributed by atoms with Crippen molar-refractivity contribution in [2.75, 3.05) is 6.61 Å². The lowest BCUT2D eigenvalue weighted by atomic mass is 10.2. The van der Waals surface area contributed by atoms with Crippen LogP contribution < -0.4 is 19.6 Å². The third-order valence-electron chi connectivity index (χ3n) is 4.36. The maximum absolute atomic E-state index is 12.9. The van der Waals surface area contributed by atoms with E-state index in [1.165, 1.54) is 18.3 Å². The molecule has 0 saturated carbocycles. The fourth-order valence-electron chi connectivity index (χ4n) is 2.98. The number of aliphatic carboxylic acids is 1. The molecule has 0 fully saturated rings. The summed E-state index contributed by atoms with van der Waals surface area (Å²) in [5.74, 6) is -0.296. The topological polar surface area (TPSA) is 90.1 Å².